The number of aryl methyl sites for hydroxylation is 1. The van der Waals surface area contributed by atoms with Gasteiger partial charge >= 0.3 is 0 Å². The number of allylic oxidation sites excluding steroid dienone is 2. The summed E-state index contributed by atoms with van der Waals surface area (Å²) >= 11 is 0. The Labute approximate surface area is 144 Å². The van der Waals surface area contributed by atoms with E-state index < -0.39 is 0 Å². The molecule has 1 aromatic carbocycles. The molecule has 3 heteroatoms. The van der Waals surface area contributed by atoms with Crippen LogP contribution in [0, 0.1) is 5.92 Å². The van der Waals surface area contributed by atoms with E-state index in [-0.39, 0.29) is 17.4 Å². The van der Waals surface area contributed by atoms with Crippen LogP contribution in [0.2, 0.25) is 0 Å². The van der Waals surface area contributed by atoms with Crippen molar-refractivity contribution in [1.29, 1.82) is 0 Å². The fraction of sp³-hybridized carbons (Fsp3) is 0.571. The highest BCUT2D eigenvalue weighted by Gasteiger charge is 2.46. The van der Waals surface area contributed by atoms with Crippen molar-refractivity contribution in [2.45, 2.75) is 70.8 Å². The van der Waals surface area contributed by atoms with Gasteiger partial charge in [0.05, 0.1) is 0 Å². The van der Waals surface area contributed by atoms with Crippen molar-refractivity contribution in [3.8, 4) is 11.5 Å². The highest BCUT2D eigenvalue weighted by Crippen LogP contribution is 2.54. The Morgan fingerprint density at radius 1 is 1.33 bits per heavy atom. The Kier molecular flexibility index (Phi) is 4.71. The number of phenolic OH excluding ortho intramolecular Hbond substituents is 1. The van der Waals surface area contributed by atoms with Crippen LogP contribution < -0.4 is 4.74 Å². The van der Waals surface area contributed by atoms with Crippen LogP contribution in [0.4, 0.5) is 0 Å². The molecule has 0 spiro atoms. The quantitative estimate of drug-likeness (QED) is 0.617. The Balaban J connectivity index is 1.97. The number of hydrogen-bond acceptors (Lipinski definition) is 3. The van der Waals surface area contributed by atoms with Crippen LogP contribution in [0.3, 0.4) is 0 Å². The molecule has 130 valence electrons. The Hall–Kier alpha value is -1.77. The topological polar surface area (TPSA) is 46.5 Å². The first-order valence-electron chi connectivity index (χ1n) is 9.15. The summed E-state index contributed by atoms with van der Waals surface area (Å²) in [6, 6.07) is 3.99. The minimum absolute atomic E-state index is 0.152. The molecule has 2 aliphatic rings. The maximum absolute atomic E-state index is 11.2. The zero-order valence-corrected chi connectivity index (χ0v) is 15.0. The first-order valence-corrected chi connectivity index (χ1v) is 9.15. The van der Waals surface area contributed by atoms with E-state index in [0.29, 0.717) is 12.2 Å². The minimum atomic E-state index is -0.295. The van der Waals surface area contributed by atoms with Gasteiger partial charge in [0.1, 0.15) is 23.4 Å². The van der Waals surface area contributed by atoms with Crippen molar-refractivity contribution >= 4 is 6.29 Å². The van der Waals surface area contributed by atoms with E-state index in [1.54, 1.807) is 0 Å². The van der Waals surface area contributed by atoms with Gasteiger partial charge in [0.25, 0.3) is 0 Å². The summed E-state index contributed by atoms with van der Waals surface area (Å²) in [6.45, 7) is 6.43. The molecule has 0 aromatic heterocycles. The molecule has 1 N–H and O–H groups in total. The summed E-state index contributed by atoms with van der Waals surface area (Å²) in [5.41, 5.74) is 2.57. The van der Waals surface area contributed by atoms with Gasteiger partial charge in [0.15, 0.2) is 0 Å². The van der Waals surface area contributed by atoms with Crippen LogP contribution in [0.5, 0.6) is 11.5 Å². The van der Waals surface area contributed by atoms with Crippen LogP contribution >= 0.6 is 0 Å². The molecule has 1 aromatic rings. The highest BCUT2D eigenvalue weighted by molar-refractivity contribution is 5.74. The standard InChI is InChI=1S/C21H28O3/c1-4-5-6-7-14-11-18(23)20-16-10-15(13-22)8-9-17(16)21(2,3)24-19(20)12-14/h8,11-13,16-17,23H,4-7,9-10H2,1-3H3/t16-,17-/m1/s1. The first kappa shape index (κ1) is 17.1. The fourth-order valence-corrected chi connectivity index (χ4v) is 4.30. The molecule has 1 heterocycles. The molecule has 0 bridgehead atoms. The normalized spacial score (nSPS) is 24.4. The summed E-state index contributed by atoms with van der Waals surface area (Å²) in [6.07, 6.45) is 8.97. The number of aromatic hydroxyl groups is 1. The number of carbonyl (C=O) groups excluding carboxylic acids is 1. The second-order valence-electron chi connectivity index (χ2n) is 7.74. The van der Waals surface area contributed by atoms with Gasteiger partial charge in [-0.3, -0.25) is 4.79 Å². The number of aldehydes is 1. The Morgan fingerprint density at radius 3 is 2.83 bits per heavy atom. The molecule has 1 aliphatic carbocycles. The SMILES string of the molecule is CCCCCc1cc(O)c2c(c1)OC(C)(C)[C@@H]1CC=C(C=O)C[C@@H]21. The largest absolute Gasteiger partial charge is 0.508 e. The molecule has 24 heavy (non-hydrogen) atoms. The number of ether oxygens (including phenoxy) is 1. The lowest BCUT2D eigenvalue weighted by atomic mass is 9.67. The van der Waals surface area contributed by atoms with Crippen LogP contribution in [0.25, 0.3) is 0 Å². The smallest absolute Gasteiger partial charge is 0.145 e. The lowest BCUT2D eigenvalue weighted by Gasteiger charge is -2.46. The van der Waals surface area contributed by atoms with Crippen molar-refractivity contribution in [2.75, 3.05) is 0 Å². The second-order valence-corrected chi connectivity index (χ2v) is 7.74. The van der Waals surface area contributed by atoms with E-state index in [4.69, 9.17) is 4.74 Å². The maximum atomic E-state index is 11.2. The molecular weight excluding hydrogens is 300 g/mol. The van der Waals surface area contributed by atoms with Crippen molar-refractivity contribution in [2.24, 2.45) is 5.92 Å². The van der Waals surface area contributed by atoms with Crippen molar-refractivity contribution < 1.29 is 14.6 Å². The number of benzene rings is 1. The Bertz CT molecular complexity index is 657. The van der Waals surface area contributed by atoms with Crippen molar-refractivity contribution in [1.82, 2.24) is 0 Å². The van der Waals surface area contributed by atoms with Gasteiger partial charge in [-0.25, -0.2) is 0 Å². The van der Waals surface area contributed by atoms with Crippen molar-refractivity contribution in [3.05, 3.63) is 34.9 Å². The minimum Gasteiger partial charge on any atom is -0.508 e. The van der Waals surface area contributed by atoms with Gasteiger partial charge in [-0.15, -0.1) is 0 Å². The van der Waals surface area contributed by atoms with Crippen LogP contribution in [0.15, 0.2) is 23.8 Å². The molecule has 1 aliphatic heterocycles. The molecule has 3 nitrogen and oxygen atoms in total. The average Bonchev–Trinajstić information content (AvgIpc) is 2.53. The van der Waals surface area contributed by atoms with E-state index >= 15 is 0 Å². The van der Waals surface area contributed by atoms with Gasteiger partial charge in [0.2, 0.25) is 0 Å². The number of unbranched alkanes of at least 4 members (excludes halogenated alkanes) is 2. The number of carbonyl (C=O) groups is 1. The summed E-state index contributed by atoms with van der Waals surface area (Å²) in [4.78, 5) is 11.2. The summed E-state index contributed by atoms with van der Waals surface area (Å²) in [5, 5.41) is 10.7. The second kappa shape index (κ2) is 6.62. The van der Waals surface area contributed by atoms with E-state index in [9.17, 15) is 9.90 Å². The number of fused-ring (bicyclic) bond motifs is 3. The number of rotatable bonds is 5. The van der Waals surface area contributed by atoms with E-state index in [1.165, 1.54) is 12.8 Å². The predicted molar refractivity (Wildman–Crippen MR) is 95.7 cm³/mol. The zero-order valence-electron chi connectivity index (χ0n) is 15.0. The van der Waals surface area contributed by atoms with Crippen molar-refractivity contribution in [3.63, 3.8) is 0 Å². The third-order valence-electron chi connectivity index (χ3n) is 5.61. The first-order chi connectivity index (χ1) is 11.5. The van der Waals surface area contributed by atoms with E-state index in [0.717, 1.165) is 48.0 Å². The number of hydrogen-bond donors (Lipinski definition) is 1. The predicted octanol–water partition coefficient (Wildman–Crippen LogP) is 4.91. The molecule has 0 saturated carbocycles. The highest BCUT2D eigenvalue weighted by atomic mass is 16.5. The van der Waals surface area contributed by atoms with Gasteiger partial charge < -0.3 is 9.84 Å². The zero-order chi connectivity index (χ0) is 17.3. The molecule has 0 unspecified atom stereocenters. The van der Waals surface area contributed by atoms with Crippen LogP contribution in [-0.4, -0.2) is 17.0 Å². The van der Waals surface area contributed by atoms with Gasteiger partial charge in [-0.1, -0.05) is 25.8 Å². The van der Waals surface area contributed by atoms with E-state index in [1.807, 2.05) is 12.1 Å². The van der Waals surface area contributed by atoms with Crippen LogP contribution in [-0.2, 0) is 11.2 Å². The summed E-state index contributed by atoms with van der Waals surface area (Å²) in [7, 11) is 0. The third kappa shape index (κ3) is 3.09. The molecule has 0 fully saturated rings. The third-order valence-corrected chi connectivity index (χ3v) is 5.61. The molecule has 3 rings (SSSR count). The monoisotopic (exact) mass is 328 g/mol. The van der Waals surface area contributed by atoms with Crippen LogP contribution in [0.1, 0.15) is 69.9 Å². The maximum Gasteiger partial charge on any atom is 0.145 e. The molecule has 0 saturated heterocycles. The lowest BCUT2D eigenvalue weighted by molar-refractivity contribution is -0.105. The lowest BCUT2D eigenvalue weighted by Crippen LogP contribution is -2.45. The molecule has 2 atom stereocenters. The molecule has 0 amide bonds. The van der Waals surface area contributed by atoms with Gasteiger partial charge in [0, 0.05) is 17.4 Å². The molecular formula is C21H28O3. The summed E-state index contributed by atoms with van der Waals surface area (Å²) < 4.78 is 6.31. The molecule has 0 radical (unpaired) electrons. The van der Waals surface area contributed by atoms with Gasteiger partial charge in [-0.05, 0) is 62.8 Å². The summed E-state index contributed by atoms with van der Waals surface area (Å²) in [5.74, 6) is 1.57. The van der Waals surface area contributed by atoms with Gasteiger partial charge in [-0.2, -0.15) is 0 Å². The fourth-order valence-electron chi connectivity index (χ4n) is 4.30. The number of phenols is 1. The average molecular weight is 328 g/mol. The van der Waals surface area contributed by atoms with E-state index in [2.05, 4.69) is 26.8 Å². The Morgan fingerprint density at radius 2 is 2.12 bits per heavy atom.